The highest BCUT2D eigenvalue weighted by molar-refractivity contribution is 5.98. The molecule has 4 bridgehead atoms. The summed E-state index contributed by atoms with van der Waals surface area (Å²) in [6, 6.07) is 15.8. The fourth-order valence-electron chi connectivity index (χ4n) is 6.45. The summed E-state index contributed by atoms with van der Waals surface area (Å²) in [4.78, 5) is 13.3. The summed E-state index contributed by atoms with van der Waals surface area (Å²) in [7, 11) is 1.67. The number of rotatable bonds is 7. The first-order valence-corrected chi connectivity index (χ1v) is 11.2. The van der Waals surface area contributed by atoms with Crippen LogP contribution in [0, 0.1) is 23.2 Å². The van der Waals surface area contributed by atoms with E-state index in [1.807, 2.05) is 54.6 Å². The van der Waals surface area contributed by atoms with E-state index < -0.39 is 0 Å². The lowest BCUT2D eigenvalue weighted by Gasteiger charge is -2.55. The van der Waals surface area contributed by atoms with Crippen LogP contribution < -0.4 is 9.47 Å². The number of para-hydroxylation sites is 1. The molecule has 2 aromatic carbocycles. The molecule has 0 aliphatic heterocycles. The Bertz CT molecular complexity index is 909. The standard InChI is InChI=1S/C27H30O3/c1-29-25-9-7-19(14-23(25)18-30-24-5-3-2-4-6-24)8-10-26(28)27-15-20-11-21(16-27)13-22(12-20)17-27/h2-10,14,20-22H,11-13,15-18H2,1H3/b10-8+. The van der Waals surface area contributed by atoms with Crippen molar-refractivity contribution in [3.63, 3.8) is 0 Å². The molecule has 0 saturated heterocycles. The van der Waals surface area contributed by atoms with Gasteiger partial charge in [0.05, 0.1) is 7.11 Å². The summed E-state index contributed by atoms with van der Waals surface area (Å²) in [6.45, 7) is 0.428. The van der Waals surface area contributed by atoms with Gasteiger partial charge in [0.25, 0.3) is 0 Å². The first kappa shape index (κ1) is 19.4. The second-order valence-corrected chi connectivity index (χ2v) is 9.57. The molecule has 0 spiro atoms. The van der Waals surface area contributed by atoms with E-state index in [2.05, 4.69) is 6.07 Å². The van der Waals surface area contributed by atoms with E-state index in [4.69, 9.17) is 9.47 Å². The highest BCUT2D eigenvalue weighted by Gasteiger charge is 2.53. The zero-order chi connectivity index (χ0) is 20.6. The molecule has 0 N–H and O–H groups in total. The number of hydrogen-bond acceptors (Lipinski definition) is 3. The minimum absolute atomic E-state index is 0.0724. The van der Waals surface area contributed by atoms with Crippen LogP contribution in [0.4, 0.5) is 0 Å². The summed E-state index contributed by atoms with van der Waals surface area (Å²) in [5, 5.41) is 0. The number of carbonyl (C=O) groups is 1. The van der Waals surface area contributed by atoms with Gasteiger partial charge in [-0.05, 0) is 92.2 Å². The normalized spacial score (nSPS) is 29.3. The molecular weight excluding hydrogens is 372 g/mol. The van der Waals surface area contributed by atoms with Gasteiger partial charge >= 0.3 is 0 Å². The van der Waals surface area contributed by atoms with Crippen LogP contribution in [-0.2, 0) is 11.4 Å². The fourth-order valence-corrected chi connectivity index (χ4v) is 6.45. The van der Waals surface area contributed by atoms with Crippen molar-refractivity contribution in [2.75, 3.05) is 7.11 Å². The molecule has 0 heterocycles. The quantitative estimate of drug-likeness (QED) is 0.527. The maximum atomic E-state index is 13.3. The molecule has 0 atom stereocenters. The maximum Gasteiger partial charge on any atom is 0.161 e. The molecule has 156 valence electrons. The first-order valence-electron chi connectivity index (χ1n) is 11.2. The third kappa shape index (κ3) is 3.78. The highest BCUT2D eigenvalue weighted by Crippen LogP contribution is 2.60. The lowest BCUT2D eigenvalue weighted by Crippen LogP contribution is -2.49. The van der Waals surface area contributed by atoms with Crippen LogP contribution in [0.5, 0.6) is 11.5 Å². The average molecular weight is 403 g/mol. The lowest BCUT2D eigenvalue weighted by atomic mass is 9.48. The average Bonchev–Trinajstić information content (AvgIpc) is 2.76. The van der Waals surface area contributed by atoms with Gasteiger partial charge in [0.1, 0.15) is 18.1 Å². The number of methoxy groups -OCH3 is 1. The number of allylic oxidation sites excluding steroid dienone is 1. The molecule has 30 heavy (non-hydrogen) atoms. The van der Waals surface area contributed by atoms with Crippen LogP contribution in [0.2, 0.25) is 0 Å². The van der Waals surface area contributed by atoms with Gasteiger partial charge in [-0.1, -0.05) is 30.3 Å². The monoisotopic (exact) mass is 402 g/mol. The van der Waals surface area contributed by atoms with Gasteiger partial charge in [0, 0.05) is 11.0 Å². The second kappa shape index (κ2) is 7.94. The molecule has 4 saturated carbocycles. The van der Waals surface area contributed by atoms with Gasteiger partial charge in [-0.15, -0.1) is 0 Å². The predicted molar refractivity (Wildman–Crippen MR) is 118 cm³/mol. The van der Waals surface area contributed by atoms with Crippen molar-refractivity contribution in [1.29, 1.82) is 0 Å². The van der Waals surface area contributed by atoms with Gasteiger partial charge in [0.2, 0.25) is 0 Å². The molecule has 6 rings (SSSR count). The number of ketones is 1. The summed E-state index contributed by atoms with van der Waals surface area (Å²) in [5.41, 5.74) is 1.92. The van der Waals surface area contributed by atoms with Crippen molar-refractivity contribution in [3.8, 4) is 11.5 Å². The summed E-state index contributed by atoms with van der Waals surface area (Å²) >= 11 is 0. The van der Waals surface area contributed by atoms with E-state index in [0.717, 1.165) is 59.6 Å². The van der Waals surface area contributed by atoms with E-state index in [9.17, 15) is 4.79 Å². The van der Waals surface area contributed by atoms with E-state index in [0.29, 0.717) is 12.4 Å². The first-order chi connectivity index (χ1) is 14.6. The smallest absolute Gasteiger partial charge is 0.161 e. The van der Waals surface area contributed by atoms with E-state index in [1.54, 1.807) is 7.11 Å². The van der Waals surface area contributed by atoms with Crippen LogP contribution in [-0.4, -0.2) is 12.9 Å². The Hall–Kier alpha value is -2.55. The molecule has 3 nitrogen and oxygen atoms in total. The van der Waals surface area contributed by atoms with Gasteiger partial charge in [-0.3, -0.25) is 4.79 Å². The number of benzene rings is 2. The summed E-state index contributed by atoms with van der Waals surface area (Å²) < 4.78 is 11.4. The fraction of sp³-hybridized carbons (Fsp3) is 0.444. The molecular formula is C27H30O3. The van der Waals surface area contributed by atoms with Gasteiger partial charge in [0.15, 0.2) is 5.78 Å². The Morgan fingerprint density at radius 1 is 1.00 bits per heavy atom. The highest BCUT2D eigenvalue weighted by atomic mass is 16.5. The minimum Gasteiger partial charge on any atom is -0.496 e. The Kier molecular flexibility index (Phi) is 5.14. The lowest BCUT2D eigenvalue weighted by molar-refractivity contribution is -0.138. The van der Waals surface area contributed by atoms with Gasteiger partial charge in [-0.2, -0.15) is 0 Å². The van der Waals surface area contributed by atoms with Crippen LogP contribution in [0.15, 0.2) is 54.6 Å². The summed E-state index contributed by atoms with van der Waals surface area (Å²) in [5.74, 6) is 4.34. The van der Waals surface area contributed by atoms with Crippen LogP contribution >= 0.6 is 0 Å². The molecule has 4 fully saturated rings. The van der Waals surface area contributed by atoms with Crippen LogP contribution in [0.1, 0.15) is 49.7 Å². The molecule has 0 unspecified atom stereocenters. The molecule has 0 amide bonds. The predicted octanol–water partition coefficient (Wildman–Crippen LogP) is 6.07. The van der Waals surface area contributed by atoms with E-state index >= 15 is 0 Å². The molecule has 0 aromatic heterocycles. The molecule has 4 aliphatic rings. The molecule has 2 aromatic rings. The van der Waals surface area contributed by atoms with Crippen molar-refractivity contribution < 1.29 is 14.3 Å². The molecule has 3 heteroatoms. The van der Waals surface area contributed by atoms with Gasteiger partial charge < -0.3 is 9.47 Å². The SMILES string of the molecule is COc1ccc(/C=C/C(=O)C23CC4CC(CC(C4)C2)C3)cc1COc1ccccc1. The zero-order valence-electron chi connectivity index (χ0n) is 17.7. The Morgan fingerprint density at radius 2 is 1.67 bits per heavy atom. The maximum absolute atomic E-state index is 13.3. The van der Waals surface area contributed by atoms with Crippen molar-refractivity contribution in [3.05, 3.63) is 65.7 Å². The Morgan fingerprint density at radius 3 is 2.30 bits per heavy atom. The Labute approximate surface area is 179 Å². The number of hydrogen-bond donors (Lipinski definition) is 0. The minimum atomic E-state index is -0.0724. The third-order valence-corrected chi connectivity index (χ3v) is 7.43. The molecule has 0 radical (unpaired) electrons. The van der Waals surface area contributed by atoms with Crippen LogP contribution in [0.25, 0.3) is 6.08 Å². The van der Waals surface area contributed by atoms with E-state index in [1.165, 1.54) is 19.3 Å². The molecule has 4 aliphatic carbocycles. The number of ether oxygens (including phenoxy) is 2. The largest absolute Gasteiger partial charge is 0.496 e. The van der Waals surface area contributed by atoms with Gasteiger partial charge in [-0.25, -0.2) is 0 Å². The number of carbonyl (C=O) groups excluding carboxylic acids is 1. The van der Waals surface area contributed by atoms with Crippen molar-refractivity contribution >= 4 is 11.9 Å². The topological polar surface area (TPSA) is 35.5 Å². The zero-order valence-corrected chi connectivity index (χ0v) is 17.7. The summed E-state index contributed by atoms with van der Waals surface area (Å²) in [6.07, 6.45) is 11.2. The van der Waals surface area contributed by atoms with Crippen molar-refractivity contribution in [1.82, 2.24) is 0 Å². The third-order valence-electron chi connectivity index (χ3n) is 7.43. The van der Waals surface area contributed by atoms with E-state index in [-0.39, 0.29) is 5.41 Å². The van der Waals surface area contributed by atoms with Crippen molar-refractivity contribution in [2.24, 2.45) is 23.2 Å². The Balaban J connectivity index is 1.31. The van der Waals surface area contributed by atoms with Crippen LogP contribution in [0.3, 0.4) is 0 Å². The van der Waals surface area contributed by atoms with Crippen molar-refractivity contribution in [2.45, 2.75) is 45.1 Å². The second-order valence-electron chi connectivity index (χ2n) is 9.57.